The number of hydrogen-bond acceptors (Lipinski definition) is 4. The highest BCUT2D eigenvalue weighted by Crippen LogP contribution is 2.38. The molecule has 0 unspecified atom stereocenters. The van der Waals surface area contributed by atoms with Crippen molar-refractivity contribution in [3.05, 3.63) is 33.4 Å². The summed E-state index contributed by atoms with van der Waals surface area (Å²) in [6.07, 6.45) is 0.618. The van der Waals surface area contributed by atoms with E-state index in [0.29, 0.717) is 13.0 Å². The summed E-state index contributed by atoms with van der Waals surface area (Å²) < 4.78 is 11.8. The Kier molecular flexibility index (Phi) is 4.47. The van der Waals surface area contributed by atoms with Crippen molar-refractivity contribution in [3.63, 3.8) is 0 Å². The molecule has 2 atom stereocenters. The van der Waals surface area contributed by atoms with E-state index in [2.05, 4.69) is 46.9 Å². The summed E-state index contributed by atoms with van der Waals surface area (Å²) in [5, 5.41) is 0. The van der Waals surface area contributed by atoms with Gasteiger partial charge in [-0.2, -0.15) is 0 Å². The Hall–Kier alpha value is -0.660. The largest absolute Gasteiger partial charge is 0.468 e. The van der Waals surface area contributed by atoms with Crippen LogP contribution in [0.15, 0.2) is 24.3 Å². The fourth-order valence-corrected chi connectivity index (χ4v) is 3.03. The van der Waals surface area contributed by atoms with Gasteiger partial charge in [0.15, 0.2) is 0 Å². The van der Waals surface area contributed by atoms with Crippen molar-refractivity contribution >= 4 is 28.6 Å². The minimum atomic E-state index is -0.433. The normalized spacial score (nSPS) is 27.5. The van der Waals surface area contributed by atoms with Gasteiger partial charge in [-0.1, -0.05) is 12.1 Å². The number of likely N-dealkylation sites (tertiary alicyclic amines) is 1. The molecule has 5 heteroatoms. The number of benzene rings is 1. The number of carbonyl (C=O) groups is 1. The molecule has 2 rings (SSSR count). The lowest BCUT2D eigenvalue weighted by atomic mass is 9.91. The first-order chi connectivity index (χ1) is 9.02. The van der Waals surface area contributed by atoms with Crippen LogP contribution in [0.2, 0.25) is 0 Å². The number of nitrogens with zero attached hydrogens (tertiary/aromatic N) is 1. The smallest absolute Gasteiger partial charge is 0.323 e. The van der Waals surface area contributed by atoms with Crippen molar-refractivity contribution in [2.24, 2.45) is 0 Å². The number of hydrogen-bond donors (Lipinski definition) is 0. The average molecular weight is 375 g/mol. The van der Waals surface area contributed by atoms with E-state index in [1.807, 2.05) is 11.9 Å². The highest BCUT2D eigenvalue weighted by atomic mass is 127. The van der Waals surface area contributed by atoms with Gasteiger partial charge >= 0.3 is 5.97 Å². The number of likely N-dealkylation sites (N-methyl/N-ethyl adjacent to an activating group) is 1. The van der Waals surface area contributed by atoms with Crippen LogP contribution in [0.3, 0.4) is 0 Å². The molecule has 1 saturated heterocycles. The van der Waals surface area contributed by atoms with Crippen molar-refractivity contribution < 1.29 is 14.3 Å². The average Bonchev–Trinajstić information content (AvgIpc) is 2.77. The fraction of sp³-hybridized carbons (Fsp3) is 0.500. The van der Waals surface area contributed by atoms with E-state index < -0.39 is 5.60 Å². The Labute approximate surface area is 127 Å². The standard InChI is InChI=1S/C14H18INO3/c1-16-9-14(19-3,8-12(16)13(17)18-2)10-4-6-11(15)7-5-10/h4-7,12H,8-9H2,1-3H3/t12-,14-/m0/s1. The van der Waals surface area contributed by atoms with Crippen LogP contribution in [-0.2, 0) is 19.9 Å². The number of methoxy groups -OCH3 is 2. The van der Waals surface area contributed by atoms with Gasteiger partial charge in [0, 0.05) is 23.6 Å². The summed E-state index contributed by atoms with van der Waals surface area (Å²) in [4.78, 5) is 13.8. The van der Waals surface area contributed by atoms with Gasteiger partial charge in [-0.05, 0) is 47.3 Å². The Balaban J connectivity index is 2.30. The molecule has 0 aliphatic carbocycles. The van der Waals surface area contributed by atoms with Gasteiger partial charge < -0.3 is 9.47 Å². The van der Waals surface area contributed by atoms with Gasteiger partial charge in [0.2, 0.25) is 0 Å². The van der Waals surface area contributed by atoms with Gasteiger partial charge in [-0.3, -0.25) is 9.69 Å². The third kappa shape index (κ3) is 2.78. The lowest BCUT2D eigenvalue weighted by Gasteiger charge is -2.28. The van der Waals surface area contributed by atoms with Gasteiger partial charge in [0.05, 0.1) is 7.11 Å². The van der Waals surface area contributed by atoms with Crippen LogP contribution in [0.5, 0.6) is 0 Å². The highest BCUT2D eigenvalue weighted by Gasteiger charge is 2.47. The summed E-state index contributed by atoms with van der Waals surface area (Å²) in [5.74, 6) is -0.202. The Morgan fingerprint density at radius 1 is 1.37 bits per heavy atom. The quantitative estimate of drug-likeness (QED) is 0.599. The SMILES string of the molecule is COC(=O)[C@@H]1C[C@@](OC)(c2ccc(I)cc2)CN1C. The minimum Gasteiger partial charge on any atom is -0.468 e. The third-order valence-electron chi connectivity index (χ3n) is 3.79. The molecule has 19 heavy (non-hydrogen) atoms. The third-order valence-corrected chi connectivity index (χ3v) is 4.51. The number of esters is 1. The number of ether oxygens (including phenoxy) is 2. The fourth-order valence-electron chi connectivity index (χ4n) is 2.67. The molecular formula is C14H18INO3. The van der Waals surface area contributed by atoms with Gasteiger partial charge in [-0.15, -0.1) is 0 Å². The van der Waals surface area contributed by atoms with Gasteiger partial charge in [-0.25, -0.2) is 0 Å². The molecule has 0 aromatic heterocycles. The second-order valence-corrected chi connectivity index (χ2v) is 6.11. The van der Waals surface area contributed by atoms with Crippen LogP contribution in [0.25, 0.3) is 0 Å². The first-order valence-electron chi connectivity index (χ1n) is 6.11. The van der Waals surface area contributed by atoms with Gasteiger partial charge in [0.25, 0.3) is 0 Å². The maximum atomic E-state index is 11.8. The number of halogens is 1. The molecule has 1 aliphatic heterocycles. The topological polar surface area (TPSA) is 38.8 Å². The van der Waals surface area contributed by atoms with Crippen LogP contribution < -0.4 is 0 Å². The van der Waals surface area contributed by atoms with Crippen molar-refractivity contribution in [3.8, 4) is 0 Å². The van der Waals surface area contributed by atoms with Crippen LogP contribution in [0.4, 0.5) is 0 Å². The van der Waals surface area contributed by atoms with Crippen LogP contribution in [-0.4, -0.2) is 44.7 Å². The van der Waals surface area contributed by atoms with Crippen molar-refractivity contribution in [1.82, 2.24) is 4.90 Å². The molecular weight excluding hydrogens is 357 g/mol. The van der Waals surface area contributed by atoms with E-state index in [0.717, 1.165) is 5.56 Å². The maximum absolute atomic E-state index is 11.8. The second kappa shape index (κ2) is 5.76. The summed E-state index contributed by atoms with van der Waals surface area (Å²) in [5.41, 5.74) is 0.673. The zero-order chi connectivity index (χ0) is 14.0. The van der Waals surface area contributed by atoms with E-state index in [-0.39, 0.29) is 12.0 Å². The van der Waals surface area contributed by atoms with Crippen molar-refractivity contribution in [2.75, 3.05) is 27.8 Å². The predicted octanol–water partition coefficient (Wildman–Crippen LogP) is 2.01. The predicted molar refractivity (Wildman–Crippen MR) is 80.9 cm³/mol. The summed E-state index contributed by atoms with van der Waals surface area (Å²) in [7, 11) is 5.05. The number of rotatable bonds is 3. The summed E-state index contributed by atoms with van der Waals surface area (Å²) >= 11 is 2.28. The zero-order valence-corrected chi connectivity index (χ0v) is 13.5. The molecule has 4 nitrogen and oxygen atoms in total. The molecule has 0 amide bonds. The molecule has 0 bridgehead atoms. The molecule has 0 saturated carbocycles. The molecule has 1 aromatic rings. The Morgan fingerprint density at radius 3 is 2.53 bits per heavy atom. The second-order valence-electron chi connectivity index (χ2n) is 4.86. The van der Waals surface area contributed by atoms with Gasteiger partial charge in [0.1, 0.15) is 11.6 Å². The van der Waals surface area contributed by atoms with Crippen molar-refractivity contribution in [1.29, 1.82) is 0 Å². The molecule has 0 spiro atoms. The molecule has 0 N–H and O–H groups in total. The number of carbonyl (C=O) groups excluding carboxylic acids is 1. The molecule has 104 valence electrons. The first-order valence-corrected chi connectivity index (χ1v) is 7.19. The minimum absolute atomic E-state index is 0.202. The monoisotopic (exact) mass is 375 g/mol. The van der Waals surface area contributed by atoms with Crippen LogP contribution in [0, 0.1) is 3.57 Å². The molecule has 1 aliphatic rings. The lowest BCUT2D eigenvalue weighted by molar-refractivity contribution is -0.145. The van der Waals surface area contributed by atoms with E-state index in [9.17, 15) is 4.79 Å². The molecule has 1 heterocycles. The van der Waals surface area contributed by atoms with E-state index >= 15 is 0 Å². The van der Waals surface area contributed by atoms with Crippen LogP contribution >= 0.6 is 22.6 Å². The summed E-state index contributed by atoms with van der Waals surface area (Å²) in [6, 6.07) is 8.01. The zero-order valence-electron chi connectivity index (χ0n) is 11.4. The maximum Gasteiger partial charge on any atom is 0.323 e. The first kappa shape index (κ1) is 14.7. The Morgan fingerprint density at radius 2 is 2.00 bits per heavy atom. The Bertz CT molecular complexity index is 462. The molecule has 1 fully saturated rings. The lowest BCUT2D eigenvalue weighted by Crippen LogP contribution is -2.33. The summed E-state index contributed by atoms with van der Waals surface area (Å²) in [6.45, 7) is 0.684. The molecule has 1 aromatic carbocycles. The molecule has 0 radical (unpaired) electrons. The highest BCUT2D eigenvalue weighted by molar-refractivity contribution is 14.1. The van der Waals surface area contributed by atoms with E-state index in [4.69, 9.17) is 9.47 Å². The van der Waals surface area contributed by atoms with E-state index in [1.54, 1.807) is 7.11 Å². The van der Waals surface area contributed by atoms with Crippen molar-refractivity contribution in [2.45, 2.75) is 18.1 Å². The van der Waals surface area contributed by atoms with Crippen LogP contribution in [0.1, 0.15) is 12.0 Å². The van der Waals surface area contributed by atoms with E-state index in [1.165, 1.54) is 10.7 Å².